The van der Waals surface area contributed by atoms with E-state index in [0.717, 1.165) is 21.3 Å². The molecule has 7 nitrogen and oxygen atoms in total. The maximum absolute atomic E-state index is 12.6. The number of nitrogens with one attached hydrogen (secondary N) is 2. The van der Waals surface area contributed by atoms with Gasteiger partial charge in [-0.15, -0.1) is 0 Å². The Balaban J connectivity index is 2.03. The van der Waals surface area contributed by atoms with E-state index >= 15 is 0 Å². The van der Waals surface area contributed by atoms with Crippen molar-refractivity contribution in [3.05, 3.63) is 48.0 Å². The van der Waals surface area contributed by atoms with Crippen LogP contribution in [-0.4, -0.2) is 42.5 Å². The number of esters is 1. The number of nitrogens with zero attached hydrogens (tertiary/aromatic N) is 1. The summed E-state index contributed by atoms with van der Waals surface area (Å²) in [5.41, 5.74) is 3.52. The first-order chi connectivity index (χ1) is 13.0. The Morgan fingerprint density at radius 2 is 1.81 bits per heavy atom. The third-order valence-corrected chi connectivity index (χ3v) is 4.24. The average molecular weight is 371 g/mol. The lowest BCUT2D eigenvalue weighted by Gasteiger charge is -2.27. The molecule has 0 aromatic heterocycles. The summed E-state index contributed by atoms with van der Waals surface area (Å²) in [4.78, 5) is 36.0. The Morgan fingerprint density at radius 1 is 1.11 bits per heavy atom. The van der Waals surface area contributed by atoms with Gasteiger partial charge >= 0.3 is 5.97 Å². The van der Waals surface area contributed by atoms with Crippen molar-refractivity contribution < 1.29 is 19.1 Å². The molecule has 2 amide bonds. The van der Waals surface area contributed by atoms with Gasteiger partial charge in [-0.2, -0.15) is 0 Å². The van der Waals surface area contributed by atoms with Gasteiger partial charge in [0.1, 0.15) is 6.04 Å². The maximum atomic E-state index is 12.6. The minimum Gasteiger partial charge on any atom is -0.467 e. The number of carbonyl (C=O) groups is 3. The molecule has 2 aromatic carbocycles. The average Bonchev–Trinajstić information content (AvgIpc) is 2.70. The molecule has 2 aromatic rings. The van der Waals surface area contributed by atoms with Gasteiger partial charge in [-0.3, -0.25) is 15.0 Å². The highest BCUT2D eigenvalue weighted by molar-refractivity contribution is 5.88. The summed E-state index contributed by atoms with van der Waals surface area (Å²) in [7, 11) is 1.24. The van der Waals surface area contributed by atoms with E-state index in [2.05, 4.69) is 15.5 Å². The Labute approximate surface area is 158 Å². The first-order valence-corrected chi connectivity index (χ1v) is 8.84. The van der Waals surface area contributed by atoms with Crippen LogP contribution in [0, 0.1) is 0 Å². The van der Waals surface area contributed by atoms with E-state index in [1.807, 2.05) is 42.5 Å². The minimum absolute atomic E-state index is 0.0332. The fourth-order valence-electron chi connectivity index (χ4n) is 2.70. The number of amides is 2. The summed E-state index contributed by atoms with van der Waals surface area (Å²) in [6, 6.07) is 13.1. The van der Waals surface area contributed by atoms with Crippen molar-refractivity contribution >= 4 is 28.6 Å². The molecule has 0 fully saturated rings. The number of benzene rings is 2. The highest BCUT2D eigenvalue weighted by atomic mass is 16.5. The molecule has 1 atom stereocenters. The van der Waals surface area contributed by atoms with Crippen LogP contribution in [0.2, 0.25) is 0 Å². The largest absolute Gasteiger partial charge is 0.467 e. The number of hydrazine groups is 1. The number of hydrogen-bond donors (Lipinski definition) is 2. The predicted octanol–water partition coefficient (Wildman–Crippen LogP) is 1.76. The van der Waals surface area contributed by atoms with Crippen LogP contribution in [0.1, 0.15) is 25.8 Å². The molecule has 0 bridgehead atoms. The van der Waals surface area contributed by atoms with Crippen molar-refractivity contribution in [2.45, 2.75) is 32.9 Å². The highest BCUT2D eigenvalue weighted by Crippen LogP contribution is 2.18. The lowest BCUT2D eigenvalue weighted by Crippen LogP contribution is -2.56. The second-order valence-electron chi connectivity index (χ2n) is 6.09. The zero-order valence-corrected chi connectivity index (χ0v) is 15.8. The van der Waals surface area contributed by atoms with Gasteiger partial charge in [0.2, 0.25) is 5.91 Å². The maximum Gasteiger partial charge on any atom is 0.330 e. The molecular weight excluding hydrogens is 346 g/mol. The quantitative estimate of drug-likeness (QED) is 0.572. The van der Waals surface area contributed by atoms with Crippen molar-refractivity contribution in [1.82, 2.24) is 15.8 Å². The van der Waals surface area contributed by atoms with E-state index in [1.54, 1.807) is 6.92 Å². The Hall–Kier alpha value is -2.93. The predicted molar refractivity (Wildman–Crippen MR) is 102 cm³/mol. The number of rotatable bonds is 7. The monoisotopic (exact) mass is 371 g/mol. The molecule has 0 aliphatic carbocycles. The summed E-state index contributed by atoms with van der Waals surface area (Å²) in [5, 5.41) is 6.34. The zero-order valence-electron chi connectivity index (χ0n) is 15.8. The van der Waals surface area contributed by atoms with Crippen molar-refractivity contribution in [1.29, 1.82) is 0 Å². The number of fused-ring (bicyclic) bond motifs is 1. The summed E-state index contributed by atoms with van der Waals surface area (Å²) < 4.78 is 4.68. The van der Waals surface area contributed by atoms with Gasteiger partial charge in [0.15, 0.2) is 0 Å². The second-order valence-corrected chi connectivity index (χ2v) is 6.09. The molecule has 0 spiro atoms. The molecule has 0 saturated carbocycles. The van der Waals surface area contributed by atoms with Gasteiger partial charge in [-0.1, -0.05) is 49.4 Å². The van der Waals surface area contributed by atoms with Crippen LogP contribution in [0.3, 0.4) is 0 Å². The van der Waals surface area contributed by atoms with Gasteiger partial charge < -0.3 is 10.1 Å². The molecule has 2 rings (SSSR count). The van der Waals surface area contributed by atoms with Gasteiger partial charge in [0.05, 0.1) is 13.7 Å². The van der Waals surface area contributed by atoms with E-state index in [9.17, 15) is 14.4 Å². The smallest absolute Gasteiger partial charge is 0.330 e. The minimum atomic E-state index is -0.919. The molecule has 0 radical (unpaired) electrons. The Bertz CT molecular complexity index is 816. The van der Waals surface area contributed by atoms with Crippen LogP contribution in [-0.2, 0) is 25.7 Å². The molecule has 2 N–H and O–H groups in total. The highest BCUT2D eigenvalue weighted by Gasteiger charge is 2.27. The summed E-state index contributed by atoms with van der Waals surface area (Å²) in [6.45, 7) is 3.62. The molecule has 27 heavy (non-hydrogen) atoms. The molecule has 144 valence electrons. The number of hydrogen-bond acceptors (Lipinski definition) is 5. The van der Waals surface area contributed by atoms with Crippen molar-refractivity contribution in [2.75, 3.05) is 13.7 Å². The van der Waals surface area contributed by atoms with Crippen molar-refractivity contribution in [3.8, 4) is 0 Å². The molecule has 7 heteroatoms. The van der Waals surface area contributed by atoms with Crippen LogP contribution in [0.25, 0.3) is 10.8 Å². The SMILES string of the molecule is CCC(=O)NN(C(=O)CNCc1cccc2ccccc12)[C@@H](C)C(=O)OC. The molecule has 0 saturated heterocycles. The van der Waals surface area contributed by atoms with Crippen LogP contribution in [0.5, 0.6) is 0 Å². The topological polar surface area (TPSA) is 87.7 Å². The first kappa shape index (κ1) is 20.4. The normalized spacial score (nSPS) is 11.7. The summed E-state index contributed by atoms with van der Waals surface area (Å²) in [5.74, 6) is -1.38. The molecule has 0 unspecified atom stereocenters. The van der Waals surface area contributed by atoms with Gasteiger partial charge in [0.25, 0.3) is 5.91 Å². The van der Waals surface area contributed by atoms with Gasteiger partial charge in [0, 0.05) is 13.0 Å². The number of methoxy groups -OCH3 is 1. The van der Waals surface area contributed by atoms with E-state index < -0.39 is 17.9 Å². The third kappa shape index (κ3) is 5.27. The zero-order chi connectivity index (χ0) is 19.8. The van der Waals surface area contributed by atoms with Gasteiger partial charge in [-0.05, 0) is 23.3 Å². The van der Waals surface area contributed by atoms with Crippen LogP contribution in [0.4, 0.5) is 0 Å². The first-order valence-electron chi connectivity index (χ1n) is 8.84. The van der Waals surface area contributed by atoms with Crippen molar-refractivity contribution in [3.63, 3.8) is 0 Å². The van der Waals surface area contributed by atoms with Gasteiger partial charge in [-0.25, -0.2) is 9.80 Å². The van der Waals surface area contributed by atoms with E-state index in [-0.39, 0.29) is 18.9 Å². The van der Waals surface area contributed by atoms with Crippen LogP contribution in [0.15, 0.2) is 42.5 Å². The molecule has 0 aliphatic rings. The number of carbonyl (C=O) groups excluding carboxylic acids is 3. The van der Waals surface area contributed by atoms with E-state index in [1.165, 1.54) is 14.0 Å². The van der Waals surface area contributed by atoms with Crippen molar-refractivity contribution in [2.24, 2.45) is 0 Å². The summed E-state index contributed by atoms with van der Waals surface area (Å²) >= 11 is 0. The third-order valence-electron chi connectivity index (χ3n) is 4.24. The van der Waals surface area contributed by atoms with E-state index in [4.69, 9.17) is 0 Å². The fourth-order valence-corrected chi connectivity index (χ4v) is 2.70. The fraction of sp³-hybridized carbons (Fsp3) is 0.350. The standard InChI is InChI=1S/C20H25N3O4/c1-4-18(24)22-23(14(2)20(26)27-3)19(25)13-21-12-16-10-7-9-15-8-5-6-11-17(15)16/h5-11,14,21H,4,12-13H2,1-3H3,(H,22,24)/t14-/m0/s1. The molecule has 0 aliphatic heterocycles. The Kier molecular flexibility index (Phi) is 7.31. The van der Waals surface area contributed by atoms with E-state index in [0.29, 0.717) is 6.54 Å². The number of ether oxygens (including phenoxy) is 1. The molecular formula is C20H25N3O4. The second kappa shape index (κ2) is 9.68. The lowest BCUT2D eigenvalue weighted by atomic mass is 10.0. The summed E-state index contributed by atoms with van der Waals surface area (Å²) in [6.07, 6.45) is 0.196. The molecule has 0 heterocycles. The van der Waals surface area contributed by atoms with Crippen LogP contribution < -0.4 is 10.7 Å². The lowest BCUT2D eigenvalue weighted by molar-refractivity contribution is -0.156. The van der Waals surface area contributed by atoms with Crippen LogP contribution >= 0.6 is 0 Å². The Morgan fingerprint density at radius 3 is 2.52 bits per heavy atom.